The summed E-state index contributed by atoms with van der Waals surface area (Å²) in [7, 11) is 0. The predicted octanol–water partition coefficient (Wildman–Crippen LogP) is 1.80. The van der Waals surface area contributed by atoms with Gasteiger partial charge in [0.1, 0.15) is 6.04 Å². The first-order valence-corrected chi connectivity index (χ1v) is 8.87. The summed E-state index contributed by atoms with van der Waals surface area (Å²) >= 11 is 1.44. The van der Waals surface area contributed by atoms with Gasteiger partial charge in [-0.2, -0.15) is 0 Å². The van der Waals surface area contributed by atoms with Crippen LogP contribution < -0.4 is 11.5 Å². The smallest absolute Gasteiger partial charge is 0.241 e. The summed E-state index contributed by atoms with van der Waals surface area (Å²) < 4.78 is 0. The average molecular weight is 419 g/mol. The number of carbonyl (C=O) groups excluding carboxylic acids is 1. The van der Waals surface area contributed by atoms with Crippen LogP contribution in [0.25, 0.3) is 0 Å². The molecule has 26 heavy (non-hydrogen) atoms. The van der Waals surface area contributed by atoms with Crippen molar-refractivity contribution in [1.82, 2.24) is 9.88 Å². The number of thiazole rings is 1. The average Bonchev–Trinajstić information content (AvgIpc) is 3.08. The zero-order valence-electron chi connectivity index (χ0n) is 14.2. The van der Waals surface area contributed by atoms with E-state index in [1.807, 2.05) is 23.6 Å². The topological polar surface area (TPSA) is 105 Å². The summed E-state index contributed by atoms with van der Waals surface area (Å²) in [6, 6.07) is 9.40. The SMILES string of the molecule is Cl.Cl.Nc1nc(C2(c3ccccc3)CCN(C(=O)[C@@H](N)CO)CC2)cs1. The van der Waals surface area contributed by atoms with Crippen molar-refractivity contribution >= 4 is 47.2 Å². The van der Waals surface area contributed by atoms with Gasteiger partial charge in [-0.25, -0.2) is 4.98 Å². The summed E-state index contributed by atoms with van der Waals surface area (Å²) in [6.07, 6.45) is 1.51. The first-order chi connectivity index (χ1) is 11.6. The number of aliphatic hydroxyl groups excluding tert-OH is 1. The van der Waals surface area contributed by atoms with Gasteiger partial charge < -0.3 is 21.5 Å². The van der Waals surface area contributed by atoms with Gasteiger partial charge in [-0.1, -0.05) is 30.3 Å². The number of piperidine rings is 1. The zero-order valence-corrected chi connectivity index (χ0v) is 16.7. The van der Waals surface area contributed by atoms with Crippen molar-refractivity contribution in [2.45, 2.75) is 24.3 Å². The van der Waals surface area contributed by atoms with Crippen LogP contribution in [0.5, 0.6) is 0 Å². The Morgan fingerprint density at radius 2 is 1.88 bits per heavy atom. The van der Waals surface area contributed by atoms with Gasteiger partial charge in [0.05, 0.1) is 12.3 Å². The van der Waals surface area contributed by atoms with Gasteiger partial charge in [-0.15, -0.1) is 36.2 Å². The Morgan fingerprint density at radius 1 is 1.27 bits per heavy atom. The Kier molecular flexibility index (Phi) is 8.30. The highest BCUT2D eigenvalue weighted by atomic mass is 35.5. The molecule has 144 valence electrons. The first-order valence-electron chi connectivity index (χ1n) is 7.99. The maximum atomic E-state index is 12.2. The molecular formula is C17H24Cl2N4O2S. The number of nitrogen functional groups attached to an aromatic ring is 1. The first kappa shape index (κ1) is 22.7. The van der Waals surface area contributed by atoms with Gasteiger partial charge in [-0.3, -0.25) is 4.79 Å². The monoisotopic (exact) mass is 418 g/mol. The van der Waals surface area contributed by atoms with E-state index in [0.29, 0.717) is 18.2 Å². The van der Waals surface area contributed by atoms with Crippen molar-refractivity contribution in [2.75, 3.05) is 25.4 Å². The molecule has 1 amide bonds. The lowest BCUT2D eigenvalue weighted by atomic mass is 9.70. The van der Waals surface area contributed by atoms with Gasteiger partial charge in [0.15, 0.2) is 5.13 Å². The predicted molar refractivity (Wildman–Crippen MR) is 109 cm³/mol. The van der Waals surface area contributed by atoms with Crippen LogP contribution in [0.3, 0.4) is 0 Å². The molecule has 0 bridgehead atoms. The number of halogens is 2. The number of hydrogen-bond acceptors (Lipinski definition) is 6. The number of hydrogen-bond donors (Lipinski definition) is 3. The molecule has 9 heteroatoms. The van der Waals surface area contributed by atoms with Gasteiger partial charge in [0, 0.05) is 23.9 Å². The van der Waals surface area contributed by atoms with Crippen LogP contribution in [0.4, 0.5) is 5.13 Å². The van der Waals surface area contributed by atoms with E-state index < -0.39 is 6.04 Å². The third-order valence-corrected chi connectivity index (χ3v) is 5.46. The molecule has 1 aliphatic rings. The summed E-state index contributed by atoms with van der Waals surface area (Å²) in [5.74, 6) is -0.197. The minimum atomic E-state index is -0.843. The highest BCUT2D eigenvalue weighted by molar-refractivity contribution is 7.13. The normalized spacial score (nSPS) is 16.9. The molecular weight excluding hydrogens is 395 g/mol. The highest BCUT2D eigenvalue weighted by Gasteiger charge is 2.41. The summed E-state index contributed by atoms with van der Waals surface area (Å²) in [5.41, 5.74) is 13.4. The third kappa shape index (κ3) is 4.29. The summed E-state index contributed by atoms with van der Waals surface area (Å²) in [5, 5.41) is 11.7. The Morgan fingerprint density at radius 3 is 2.38 bits per heavy atom. The van der Waals surface area contributed by atoms with Crippen molar-refractivity contribution in [3.63, 3.8) is 0 Å². The summed E-state index contributed by atoms with van der Waals surface area (Å²) in [6.45, 7) is 0.833. The van der Waals surface area contributed by atoms with Crippen LogP contribution in [0.1, 0.15) is 24.1 Å². The molecule has 1 aromatic heterocycles. The lowest BCUT2D eigenvalue weighted by Crippen LogP contribution is -2.51. The zero-order chi connectivity index (χ0) is 17.2. The van der Waals surface area contributed by atoms with E-state index in [1.165, 1.54) is 16.9 Å². The molecule has 0 unspecified atom stereocenters. The van der Waals surface area contributed by atoms with Gasteiger partial charge in [-0.05, 0) is 18.4 Å². The van der Waals surface area contributed by atoms with E-state index in [1.54, 1.807) is 4.90 Å². The number of aliphatic hydroxyl groups is 1. The fourth-order valence-electron chi connectivity index (χ4n) is 3.38. The molecule has 0 aliphatic carbocycles. The number of likely N-dealkylation sites (tertiary alicyclic amines) is 1. The molecule has 0 saturated carbocycles. The van der Waals surface area contributed by atoms with E-state index in [2.05, 4.69) is 17.1 Å². The fourth-order valence-corrected chi connectivity index (χ4v) is 4.04. The Labute approximate surface area is 169 Å². The maximum absolute atomic E-state index is 12.2. The molecule has 1 aromatic carbocycles. The van der Waals surface area contributed by atoms with Crippen LogP contribution >= 0.6 is 36.2 Å². The van der Waals surface area contributed by atoms with Crippen molar-refractivity contribution in [1.29, 1.82) is 0 Å². The van der Waals surface area contributed by atoms with Crippen LogP contribution in [0, 0.1) is 0 Å². The molecule has 0 spiro atoms. The standard InChI is InChI=1S/C17H22N4O2S.2ClH/c18-13(10-22)15(23)21-8-6-17(7-9-21,12-4-2-1-3-5-12)14-11-24-16(19)20-14;;/h1-5,11,13,22H,6-10,18H2,(H2,19,20);2*1H/t13-;;/m0../s1. The molecule has 2 aromatic rings. The molecule has 1 atom stereocenters. The Hall–Kier alpha value is -1.38. The van der Waals surface area contributed by atoms with Crippen molar-refractivity contribution < 1.29 is 9.90 Å². The number of nitrogens with zero attached hydrogens (tertiary/aromatic N) is 2. The van der Waals surface area contributed by atoms with E-state index in [9.17, 15) is 4.79 Å². The molecule has 1 fully saturated rings. The molecule has 5 N–H and O–H groups in total. The lowest BCUT2D eigenvalue weighted by Gasteiger charge is -2.42. The van der Waals surface area contributed by atoms with Crippen molar-refractivity contribution in [2.24, 2.45) is 5.73 Å². The molecule has 6 nitrogen and oxygen atoms in total. The number of benzene rings is 1. The highest BCUT2D eigenvalue weighted by Crippen LogP contribution is 2.42. The van der Waals surface area contributed by atoms with E-state index in [-0.39, 0.29) is 42.7 Å². The van der Waals surface area contributed by atoms with Crippen LogP contribution in [0.2, 0.25) is 0 Å². The minimum Gasteiger partial charge on any atom is -0.394 e. The van der Waals surface area contributed by atoms with Crippen LogP contribution in [-0.2, 0) is 10.2 Å². The van der Waals surface area contributed by atoms with Crippen molar-refractivity contribution in [3.8, 4) is 0 Å². The molecule has 1 saturated heterocycles. The lowest BCUT2D eigenvalue weighted by molar-refractivity contribution is -0.134. The molecule has 3 rings (SSSR count). The number of carbonyl (C=O) groups is 1. The minimum absolute atomic E-state index is 0. The molecule has 0 radical (unpaired) electrons. The number of aromatic nitrogens is 1. The van der Waals surface area contributed by atoms with Gasteiger partial charge in [0.25, 0.3) is 0 Å². The largest absolute Gasteiger partial charge is 0.394 e. The number of amides is 1. The van der Waals surface area contributed by atoms with Gasteiger partial charge >= 0.3 is 0 Å². The second-order valence-corrected chi connectivity index (χ2v) is 7.02. The Bertz CT molecular complexity index is 706. The molecule has 1 aliphatic heterocycles. The van der Waals surface area contributed by atoms with Crippen molar-refractivity contribution in [3.05, 3.63) is 47.0 Å². The van der Waals surface area contributed by atoms with E-state index >= 15 is 0 Å². The number of rotatable bonds is 4. The molecule has 2 heterocycles. The van der Waals surface area contributed by atoms with Gasteiger partial charge in [0.2, 0.25) is 5.91 Å². The summed E-state index contributed by atoms with van der Waals surface area (Å²) in [4.78, 5) is 18.5. The Balaban J connectivity index is 0.00000169. The van der Waals surface area contributed by atoms with E-state index in [4.69, 9.17) is 16.6 Å². The fraction of sp³-hybridized carbons (Fsp3) is 0.412. The number of anilines is 1. The number of nitrogens with two attached hydrogens (primary N) is 2. The second-order valence-electron chi connectivity index (χ2n) is 6.13. The maximum Gasteiger partial charge on any atom is 0.241 e. The second kappa shape index (κ2) is 9.53. The third-order valence-electron chi connectivity index (χ3n) is 4.78. The quantitative estimate of drug-likeness (QED) is 0.701. The van der Waals surface area contributed by atoms with Crippen LogP contribution in [0.15, 0.2) is 35.7 Å². The van der Waals surface area contributed by atoms with Crippen LogP contribution in [-0.4, -0.2) is 46.6 Å². The van der Waals surface area contributed by atoms with E-state index in [0.717, 1.165) is 18.5 Å².